The highest BCUT2D eigenvalue weighted by molar-refractivity contribution is 5.69. The molecule has 29 heavy (non-hydrogen) atoms. The van der Waals surface area contributed by atoms with Crippen molar-refractivity contribution in [1.82, 2.24) is 5.32 Å². The number of aliphatic hydroxyl groups is 1. The fraction of sp³-hybridized carbons (Fsp3) is 0.640. The highest BCUT2D eigenvalue weighted by Gasteiger charge is 2.37. The van der Waals surface area contributed by atoms with Crippen molar-refractivity contribution in [2.75, 3.05) is 6.61 Å². The van der Waals surface area contributed by atoms with Crippen LogP contribution in [0.3, 0.4) is 0 Å². The summed E-state index contributed by atoms with van der Waals surface area (Å²) in [5.41, 5.74) is 1.28. The molecule has 0 aliphatic heterocycles. The first-order valence-corrected chi connectivity index (χ1v) is 11.2. The maximum Gasteiger partial charge on any atom is 0.408 e. The molecule has 0 saturated carbocycles. The van der Waals surface area contributed by atoms with Crippen LogP contribution >= 0.6 is 0 Å². The van der Waals surface area contributed by atoms with Gasteiger partial charge in [0.15, 0.2) is 0 Å². The highest BCUT2D eigenvalue weighted by atomic mass is 16.6. The first-order chi connectivity index (χ1) is 13.8. The van der Waals surface area contributed by atoms with Gasteiger partial charge < -0.3 is 15.2 Å². The summed E-state index contributed by atoms with van der Waals surface area (Å²) in [4.78, 5) is 12.2. The Bertz CT molecular complexity index is 660. The van der Waals surface area contributed by atoms with Crippen LogP contribution in [0.15, 0.2) is 36.4 Å². The molecule has 2 rings (SSSR count). The van der Waals surface area contributed by atoms with Crippen molar-refractivity contribution in [3.8, 4) is 0 Å². The Hall–Kier alpha value is -1.81. The molecule has 1 amide bonds. The van der Waals surface area contributed by atoms with Gasteiger partial charge in [-0.1, -0.05) is 75.4 Å². The number of aliphatic hydroxyl groups excluding tert-OH is 1. The van der Waals surface area contributed by atoms with Crippen molar-refractivity contribution in [2.24, 2.45) is 0 Å². The standard InChI is InChI=1S/C25H39NO3/c1-5-6-7-8-9-10-11-20-12-14-21(15-13-20)22-16-17-25(18-22,19-27)26-23(28)29-24(2,3)4/h12-17,22,27H,5-11,18-19H2,1-4H3,(H,26,28)/t22-,25-/m0/s1. The van der Waals surface area contributed by atoms with Gasteiger partial charge in [-0.25, -0.2) is 4.79 Å². The quantitative estimate of drug-likeness (QED) is 0.380. The first-order valence-electron chi connectivity index (χ1n) is 11.2. The molecule has 0 heterocycles. The topological polar surface area (TPSA) is 58.6 Å². The highest BCUT2D eigenvalue weighted by Crippen LogP contribution is 2.35. The summed E-state index contributed by atoms with van der Waals surface area (Å²) in [6, 6.07) is 8.80. The molecule has 1 aliphatic carbocycles. The lowest BCUT2D eigenvalue weighted by molar-refractivity contribution is 0.0437. The van der Waals surface area contributed by atoms with E-state index in [4.69, 9.17) is 4.74 Å². The lowest BCUT2D eigenvalue weighted by atomic mass is 9.90. The van der Waals surface area contributed by atoms with Crippen LogP contribution in [0.2, 0.25) is 0 Å². The Kier molecular flexibility index (Phi) is 8.76. The van der Waals surface area contributed by atoms with Gasteiger partial charge in [-0.15, -0.1) is 0 Å². The SMILES string of the molecule is CCCCCCCCc1ccc([C@H]2C=C[C@](CO)(NC(=O)OC(C)(C)C)C2)cc1. The number of hydrogen-bond donors (Lipinski definition) is 2. The first kappa shape index (κ1) is 23.5. The summed E-state index contributed by atoms with van der Waals surface area (Å²) >= 11 is 0. The molecule has 162 valence electrons. The summed E-state index contributed by atoms with van der Waals surface area (Å²) in [5, 5.41) is 12.8. The molecular weight excluding hydrogens is 362 g/mol. The predicted octanol–water partition coefficient (Wildman–Crippen LogP) is 5.89. The largest absolute Gasteiger partial charge is 0.444 e. The van der Waals surface area contributed by atoms with Gasteiger partial charge >= 0.3 is 6.09 Å². The molecule has 0 radical (unpaired) electrons. The number of nitrogens with one attached hydrogen (secondary N) is 1. The summed E-state index contributed by atoms with van der Waals surface area (Å²) in [6.07, 6.45) is 13.2. The number of hydrogen-bond acceptors (Lipinski definition) is 3. The van der Waals surface area contributed by atoms with Gasteiger partial charge in [0.05, 0.1) is 12.1 Å². The lowest BCUT2D eigenvalue weighted by Gasteiger charge is -2.29. The third-order valence-electron chi connectivity index (χ3n) is 5.49. The fourth-order valence-corrected chi connectivity index (χ4v) is 3.86. The molecule has 4 nitrogen and oxygen atoms in total. The number of benzene rings is 1. The minimum atomic E-state index is -0.760. The average molecular weight is 402 g/mol. The van der Waals surface area contributed by atoms with Crippen molar-refractivity contribution in [3.05, 3.63) is 47.5 Å². The van der Waals surface area contributed by atoms with Crippen molar-refractivity contribution in [3.63, 3.8) is 0 Å². The van der Waals surface area contributed by atoms with Gasteiger partial charge in [-0.2, -0.15) is 0 Å². The van der Waals surface area contributed by atoms with Crippen LogP contribution in [-0.2, 0) is 11.2 Å². The number of carbonyl (C=O) groups is 1. The van der Waals surface area contributed by atoms with E-state index < -0.39 is 17.2 Å². The van der Waals surface area contributed by atoms with Crippen LogP contribution in [0, 0.1) is 0 Å². The van der Waals surface area contributed by atoms with E-state index in [9.17, 15) is 9.90 Å². The molecule has 0 unspecified atom stereocenters. The third kappa shape index (κ3) is 7.85. The van der Waals surface area contributed by atoms with E-state index in [0.717, 1.165) is 6.42 Å². The maximum atomic E-state index is 12.2. The maximum absolute atomic E-state index is 12.2. The fourth-order valence-electron chi connectivity index (χ4n) is 3.86. The number of unbranched alkanes of at least 4 members (excludes halogenated alkanes) is 5. The predicted molar refractivity (Wildman–Crippen MR) is 119 cm³/mol. The van der Waals surface area contributed by atoms with E-state index in [1.54, 1.807) is 0 Å². The van der Waals surface area contributed by atoms with Crippen LogP contribution in [-0.4, -0.2) is 28.9 Å². The lowest BCUT2D eigenvalue weighted by Crippen LogP contribution is -2.50. The number of amides is 1. The molecule has 2 N–H and O–H groups in total. The van der Waals surface area contributed by atoms with Crippen molar-refractivity contribution >= 4 is 6.09 Å². The molecule has 2 atom stereocenters. The second-order valence-electron chi connectivity index (χ2n) is 9.37. The molecule has 0 fully saturated rings. The van der Waals surface area contributed by atoms with Gasteiger partial charge in [0, 0.05) is 5.92 Å². The Labute approximate surface area is 176 Å². The van der Waals surface area contributed by atoms with Gasteiger partial charge in [-0.3, -0.25) is 0 Å². The second kappa shape index (κ2) is 10.8. The average Bonchev–Trinajstić information content (AvgIpc) is 3.08. The molecular formula is C25H39NO3. The Morgan fingerprint density at radius 2 is 1.79 bits per heavy atom. The number of rotatable bonds is 10. The Morgan fingerprint density at radius 1 is 1.14 bits per heavy atom. The van der Waals surface area contributed by atoms with E-state index in [0.29, 0.717) is 6.42 Å². The van der Waals surface area contributed by atoms with Gasteiger partial charge in [-0.05, 0) is 51.2 Å². The van der Waals surface area contributed by atoms with Crippen LogP contribution in [0.4, 0.5) is 4.79 Å². The second-order valence-corrected chi connectivity index (χ2v) is 9.37. The van der Waals surface area contributed by atoms with E-state index in [1.165, 1.54) is 49.7 Å². The van der Waals surface area contributed by atoms with E-state index >= 15 is 0 Å². The van der Waals surface area contributed by atoms with Gasteiger partial charge in [0.1, 0.15) is 5.60 Å². The van der Waals surface area contributed by atoms with E-state index in [-0.39, 0.29) is 12.5 Å². The summed E-state index contributed by atoms with van der Waals surface area (Å²) in [5.74, 6) is 0.181. The van der Waals surface area contributed by atoms with Crippen LogP contribution in [0.25, 0.3) is 0 Å². The summed E-state index contributed by atoms with van der Waals surface area (Å²) in [6.45, 7) is 7.60. The molecule has 4 heteroatoms. The number of aryl methyl sites for hydroxylation is 1. The number of carbonyl (C=O) groups excluding carboxylic acids is 1. The van der Waals surface area contributed by atoms with E-state index in [2.05, 4.69) is 42.6 Å². The zero-order chi connectivity index (χ0) is 21.3. The normalized spacial score (nSPS) is 21.3. The summed E-state index contributed by atoms with van der Waals surface area (Å²) < 4.78 is 5.36. The monoisotopic (exact) mass is 401 g/mol. The van der Waals surface area contributed by atoms with Crippen molar-refractivity contribution < 1.29 is 14.6 Å². The van der Waals surface area contributed by atoms with Gasteiger partial charge in [0.25, 0.3) is 0 Å². The van der Waals surface area contributed by atoms with Gasteiger partial charge in [0.2, 0.25) is 0 Å². The molecule has 1 aliphatic rings. The molecule has 1 aromatic carbocycles. The minimum Gasteiger partial charge on any atom is -0.444 e. The van der Waals surface area contributed by atoms with Crippen LogP contribution in [0.5, 0.6) is 0 Å². The molecule has 0 aromatic heterocycles. The van der Waals surface area contributed by atoms with Crippen LogP contribution < -0.4 is 5.32 Å². The van der Waals surface area contributed by atoms with Crippen molar-refractivity contribution in [1.29, 1.82) is 0 Å². The van der Waals surface area contributed by atoms with E-state index in [1.807, 2.05) is 26.8 Å². The smallest absolute Gasteiger partial charge is 0.408 e. The summed E-state index contributed by atoms with van der Waals surface area (Å²) in [7, 11) is 0. The molecule has 0 saturated heterocycles. The third-order valence-corrected chi connectivity index (χ3v) is 5.49. The number of allylic oxidation sites excluding steroid dienone is 1. The van der Waals surface area contributed by atoms with Crippen LogP contribution in [0.1, 0.15) is 89.7 Å². The zero-order valence-corrected chi connectivity index (χ0v) is 18.7. The molecule has 0 spiro atoms. The number of ether oxygens (including phenoxy) is 1. The molecule has 1 aromatic rings. The Balaban J connectivity index is 1.85. The number of alkyl carbamates (subject to hydrolysis) is 1. The minimum absolute atomic E-state index is 0.143. The Morgan fingerprint density at radius 3 is 2.41 bits per heavy atom. The van der Waals surface area contributed by atoms with Crippen molar-refractivity contribution in [2.45, 2.75) is 96.1 Å². The molecule has 0 bridgehead atoms. The zero-order valence-electron chi connectivity index (χ0n) is 18.7.